The number of para-hydroxylation sites is 1. The lowest BCUT2D eigenvalue weighted by Gasteiger charge is -2.14. The average molecular weight is 565 g/mol. The summed E-state index contributed by atoms with van der Waals surface area (Å²) in [6.07, 6.45) is 5.81. The SMILES string of the molecule is COc1ccnc(-n2c3ccccc3c3ccc(Oc4cccc(-n5cc(-c6c(C)c(C)cc(C)c6C)cn5)c4)cc32)c1. The zero-order valence-corrected chi connectivity index (χ0v) is 24.9. The van der Waals surface area contributed by atoms with E-state index in [2.05, 4.69) is 79.8 Å². The van der Waals surface area contributed by atoms with Gasteiger partial charge >= 0.3 is 0 Å². The second-order valence-electron chi connectivity index (χ2n) is 11.0. The molecule has 0 aliphatic carbocycles. The molecule has 7 aromatic rings. The van der Waals surface area contributed by atoms with Gasteiger partial charge in [0.15, 0.2) is 0 Å². The first-order valence-electron chi connectivity index (χ1n) is 14.4. The second-order valence-corrected chi connectivity index (χ2v) is 11.0. The van der Waals surface area contributed by atoms with Crippen LogP contribution in [0.4, 0.5) is 0 Å². The molecule has 0 amide bonds. The van der Waals surface area contributed by atoms with Crippen molar-refractivity contribution in [2.45, 2.75) is 27.7 Å². The average Bonchev–Trinajstić information content (AvgIpc) is 3.63. The molecule has 0 saturated carbocycles. The van der Waals surface area contributed by atoms with Crippen LogP contribution in [0.5, 0.6) is 17.2 Å². The van der Waals surface area contributed by atoms with E-state index in [9.17, 15) is 0 Å². The molecule has 0 unspecified atom stereocenters. The number of fused-ring (bicyclic) bond motifs is 3. The monoisotopic (exact) mass is 564 g/mol. The normalized spacial score (nSPS) is 11.4. The van der Waals surface area contributed by atoms with Crippen molar-refractivity contribution >= 4 is 21.8 Å². The van der Waals surface area contributed by atoms with E-state index in [4.69, 9.17) is 14.6 Å². The van der Waals surface area contributed by atoms with Gasteiger partial charge in [-0.3, -0.25) is 4.57 Å². The summed E-state index contributed by atoms with van der Waals surface area (Å²) in [6, 6.07) is 28.6. The second kappa shape index (κ2) is 10.5. The fourth-order valence-corrected chi connectivity index (χ4v) is 5.98. The number of hydrogen-bond donors (Lipinski definition) is 0. The highest BCUT2D eigenvalue weighted by molar-refractivity contribution is 6.09. The van der Waals surface area contributed by atoms with Gasteiger partial charge in [0, 0.05) is 46.9 Å². The molecule has 7 rings (SSSR count). The lowest BCUT2D eigenvalue weighted by molar-refractivity contribution is 0.414. The lowest BCUT2D eigenvalue weighted by Crippen LogP contribution is -1.98. The Hall–Kier alpha value is -5.36. The largest absolute Gasteiger partial charge is 0.497 e. The minimum atomic E-state index is 0.731. The molecular weight excluding hydrogens is 532 g/mol. The van der Waals surface area contributed by atoms with Crippen molar-refractivity contribution in [2.24, 2.45) is 0 Å². The van der Waals surface area contributed by atoms with E-state index in [0.717, 1.165) is 56.1 Å². The summed E-state index contributed by atoms with van der Waals surface area (Å²) in [5.74, 6) is 3.01. The lowest BCUT2D eigenvalue weighted by atomic mass is 9.91. The van der Waals surface area contributed by atoms with Crippen molar-refractivity contribution in [1.82, 2.24) is 19.3 Å². The Balaban J connectivity index is 1.25. The predicted molar refractivity (Wildman–Crippen MR) is 173 cm³/mol. The number of rotatable bonds is 6. The highest BCUT2D eigenvalue weighted by atomic mass is 16.5. The fourth-order valence-electron chi connectivity index (χ4n) is 5.98. The molecule has 6 heteroatoms. The molecule has 0 radical (unpaired) electrons. The minimum Gasteiger partial charge on any atom is -0.497 e. The first kappa shape index (κ1) is 26.5. The van der Waals surface area contributed by atoms with Crippen LogP contribution in [0.15, 0.2) is 104 Å². The molecule has 0 aliphatic heterocycles. The molecule has 4 aromatic carbocycles. The third-order valence-corrected chi connectivity index (χ3v) is 8.38. The summed E-state index contributed by atoms with van der Waals surface area (Å²) >= 11 is 0. The van der Waals surface area contributed by atoms with Crippen LogP contribution < -0.4 is 9.47 Å². The van der Waals surface area contributed by atoms with Gasteiger partial charge in [0.2, 0.25) is 0 Å². The Labute approximate surface area is 250 Å². The molecule has 6 nitrogen and oxygen atoms in total. The Kier molecular flexibility index (Phi) is 6.47. The Morgan fingerprint density at radius 3 is 2.26 bits per heavy atom. The minimum absolute atomic E-state index is 0.731. The molecule has 0 fully saturated rings. The van der Waals surface area contributed by atoms with Crippen LogP contribution in [-0.2, 0) is 0 Å². The van der Waals surface area contributed by atoms with E-state index < -0.39 is 0 Å². The van der Waals surface area contributed by atoms with E-state index in [1.54, 1.807) is 13.3 Å². The molecule has 3 aromatic heterocycles. The number of ether oxygens (including phenoxy) is 2. The van der Waals surface area contributed by atoms with E-state index in [0.29, 0.717) is 0 Å². The van der Waals surface area contributed by atoms with Crippen molar-refractivity contribution < 1.29 is 9.47 Å². The molecule has 0 spiro atoms. The van der Waals surface area contributed by atoms with Crippen LogP contribution >= 0.6 is 0 Å². The smallest absolute Gasteiger partial charge is 0.141 e. The van der Waals surface area contributed by atoms with Gasteiger partial charge in [-0.25, -0.2) is 9.67 Å². The molecule has 0 atom stereocenters. The first-order valence-corrected chi connectivity index (χ1v) is 14.4. The number of aryl methyl sites for hydroxylation is 2. The summed E-state index contributed by atoms with van der Waals surface area (Å²) in [4.78, 5) is 4.67. The van der Waals surface area contributed by atoms with Gasteiger partial charge in [0.1, 0.15) is 23.1 Å². The van der Waals surface area contributed by atoms with E-state index >= 15 is 0 Å². The number of nitrogens with zero attached hydrogens (tertiary/aromatic N) is 4. The maximum Gasteiger partial charge on any atom is 0.141 e. The van der Waals surface area contributed by atoms with Crippen molar-refractivity contribution in [3.05, 3.63) is 126 Å². The van der Waals surface area contributed by atoms with E-state index in [1.807, 2.05) is 59.4 Å². The highest BCUT2D eigenvalue weighted by Crippen LogP contribution is 2.36. The molecular formula is C37H32N4O2. The Bertz CT molecular complexity index is 2130. The molecule has 0 N–H and O–H groups in total. The van der Waals surface area contributed by atoms with Gasteiger partial charge in [0.05, 0.1) is 30.0 Å². The highest BCUT2D eigenvalue weighted by Gasteiger charge is 2.16. The maximum absolute atomic E-state index is 6.44. The summed E-state index contributed by atoms with van der Waals surface area (Å²) in [6.45, 7) is 8.70. The third-order valence-electron chi connectivity index (χ3n) is 8.38. The van der Waals surface area contributed by atoms with Gasteiger partial charge in [-0.1, -0.05) is 30.3 Å². The number of hydrogen-bond acceptors (Lipinski definition) is 4. The summed E-state index contributed by atoms with van der Waals surface area (Å²) in [5, 5.41) is 7.00. The van der Waals surface area contributed by atoms with E-state index in [1.165, 1.54) is 27.8 Å². The number of benzene rings is 4. The van der Waals surface area contributed by atoms with Gasteiger partial charge < -0.3 is 9.47 Å². The van der Waals surface area contributed by atoms with Crippen molar-refractivity contribution in [1.29, 1.82) is 0 Å². The molecule has 43 heavy (non-hydrogen) atoms. The van der Waals surface area contributed by atoms with Crippen LogP contribution in [0.2, 0.25) is 0 Å². The van der Waals surface area contributed by atoms with Crippen LogP contribution in [-0.4, -0.2) is 26.4 Å². The van der Waals surface area contributed by atoms with Gasteiger partial charge in [-0.2, -0.15) is 5.10 Å². The topological polar surface area (TPSA) is 54.1 Å². The first-order chi connectivity index (χ1) is 20.9. The molecule has 0 aliphatic rings. The van der Waals surface area contributed by atoms with Gasteiger partial charge in [-0.05, 0) is 91.9 Å². The van der Waals surface area contributed by atoms with Crippen LogP contribution in [0.3, 0.4) is 0 Å². The summed E-state index contributed by atoms with van der Waals surface area (Å²) in [5.41, 5.74) is 10.5. The van der Waals surface area contributed by atoms with Crippen LogP contribution in [0.1, 0.15) is 22.3 Å². The zero-order valence-electron chi connectivity index (χ0n) is 24.9. The number of methoxy groups -OCH3 is 1. The Morgan fingerprint density at radius 2 is 1.44 bits per heavy atom. The molecule has 3 heterocycles. The van der Waals surface area contributed by atoms with Crippen molar-refractivity contribution in [3.63, 3.8) is 0 Å². The number of aromatic nitrogens is 4. The van der Waals surface area contributed by atoms with Crippen molar-refractivity contribution in [3.8, 4) is 39.9 Å². The standard InChI is InChI=1S/C37H32N4O2/c1-23-17-24(2)26(4)37(25(23)3)27-21-39-40(22-27)28-9-8-10-30(18-28)43-31-13-14-33-32-11-6-7-12-34(32)41(35(33)19-31)36-20-29(42-5)15-16-38-36/h6-22H,1-5H3. The third kappa shape index (κ3) is 4.61. The quantitative estimate of drug-likeness (QED) is 0.202. The predicted octanol–water partition coefficient (Wildman–Crippen LogP) is 9.07. The van der Waals surface area contributed by atoms with Gasteiger partial charge in [-0.15, -0.1) is 0 Å². The number of pyridine rings is 1. The fraction of sp³-hybridized carbons (Fsp3) is 0.135. The maximum atomic E-state index is 6.44. The zero-order chi connectivity index (χ0) is 29.7. The molecule has 0 bridgehead atoms. The molecule has 212 valence electrons. The van der Waals surface area contributed by atoms with Crippen LogP contribution in [0, 0.1) is 27.7 Å². The van der Waals surface area contributed by atoms with Gasteiger partial charge in [0.25, 0.3) is 0 Å². The van der Waals surface area contributed by atoms with E-state index in [-0.39, 0.29) is 0 Å². The summed E-state index contributed by atoms with van der Waals surface area (Å²) < 4.78 is 16.0. The summed E-state index contributed by atoms with van der Waals surface area (Å²) in [7, 11) is 1.67. The Morgan fingerprint density at radius 1 is 0.674 bits per heavy atom. The van der Waals surface area contributed by atoms with Crippen molar-refractivity contribution in [2.75, 3.05) is 7.11 Å². The van der Waals surface area contributed by atoms with Crippen LogP contribution in [0.25, 0.3) is 44.4 Å². The molecule has 0 saturated heterocycles.